The molecule has 0 aliphatic rings. The molecule has 154 valence electrons. The van der Waals surface area contributed by atoms with Crippen LogP contribution in [0.2, 0.25) is 0 Å². The van der Waals surface area contributed by atoms with Gasteiger partial charge in [0.1, 0.15) is 22.7 Å². The monoisotopic (exact) mass is 398 g/mol. The van der Waals surface area contributed by atoms with Crippen molar-refractivity contribution in [3.63, 3.8) is 0 Å². The van der Waals surface area contributed by atoms with Gasteiger partial charge in [-0.1, -0.05) is 60.7 Å². The molecule has 2 nitrogen and oxygen atoms in total. The number of benzene rings is 4. The topological polar surface area (TPSA) is 18.5 Å². The molecular formula is C28H30O2. The lowest BCUT2D eigenvalue weighted by atomic mass is 9.92. The fourth-order valence-electron chi connectivity index (χ4n) is 3.85. The van der Waals surface area contributed by atoms with Crippen molar-refractivity contribution < 1.29 is 9.47 Å². The van der Waals surface area contributed by atoms with E-state index in [1.54, 1.807) is 0 Å². The minimum Gasteiger partial charge on any atom is -0.487 e. The van der Waals surface area contributed by atoms with E-state index in [1.807, 2.05) is 0 Å². The van der Waals surface area contributed by atoms with E-state index < -0.39 is 0 Å². The molecule has 0 heterocycles. The summed E-state index contributed by atoms with van der Waals surface area (Å²) < 4.78 is 12.9. The van der Waals surface area contributed by atoms with Crippen LogP contribution in [0.1, 0.15) is 41.5 Å². The maximum atomic E-state index is 6.47. The first-order valence-corrected chi connectivity index (χ1v) is 10.5. The van der Waals surface area contributed by atoms with Gasteiger partial charge in [-0.3, -0.25) is 0 Å². The number of fused-ring (bicyclic) bond motifs is 2. The van der Waals surface area contributed by atoms with Gasteiger partial charge in [-0.15, -0.1) is 0 Å². The van der Waals surface area contributed by atoms with E-state index in [0.717, 1.165) is 33.4 Å². The van der Waals surface area contributed by atoms with Crippen LogP contribution < -0.4 is 9.47 Å². The molecule has 0 saturated heterocycles. The summed E-state index contributed by atoms with van der Waals surface area (Å²) >= 11 is 0. The van der Waals surface area contributed by atoms with Gasteiger partial charge in [0.05, 0.1) is 0 Å². The van der Waals surface area contributed by atoms with E-state index in [4.69, 9.17) is 9.47 Å². The van der Waals surface area contributed by atoms with Crippen molar-refractivity contribution in [1.29, 1.82) is 0 Å². The molecule has 0 aliphatic heterocycles. The van der Waals surface area contributed by atoms with Gasteiger partial charge in [0.25, 0.3) is 0 Å². The number of ether oxygens (including phenoxy) is 2. The van der Waals surface area contributed by atoms with Crippen LogP contribution in [0.3, 0.4) is 0 Å². The van der Waals surface area contributed by atoms with Crippen molar-refractivity contribution in [2.24, 2.45) is 0 Å². The third kappa shape index (κ3) is 4.14. The molecule has 4 rings (SSSR count). The molecule has 0 spiro atoms. The summed E-state index contributed by atoms with van der Waals surface area (Å²) in [6, 6.07) is 25.4. The van der Waals surface area contributed by atoms with Gasteiger partial charge >= 0.3 is 0 Å². The zero-order valence-electron chi connectivity index (χ0n) is 18.7. The van der Waals surface area contributed by atoms with Gasteiger partial charge in [-0.2, -0.15) is 0 Å². The molecule has 4 aromatic rings. The Balaban J connectivity index is 2.13. The van der Waals surface area contributed by atoms with Gasteiger partial charge < -0.3 is 9.47 Å². The maximum absolute atomic E-state index is 6.47. The minimum atomic E-state index is -0.313. The molecule has 0 N–H and O–H groups in total. The van der Waals surface area contributed by atoms with Crippen LogP contribution in [0, 0.1) is 0 Å². The molecule has 0 bridgehead atoms. The molecular weight excluding hydrogens is 368 g/mol. The lowest BCUT2D eigenvalue weighted by Gasteiger charge is -2.28. The Hall–Kier alpha value is -3.00. The van der Waals surface area contributed by atoms with Crippen molar-refractivity contribution in [3.8, 4) is 22.6 Å². The zero-order chi connectivity index (χ0) is 21.5. The summed E-state index contributed by atoms with van der Waals surface area (Å²) in [7, 11) is 0. The summed E-state index contributed by atoms with van der Waals surface area (Å²) in [6.45, 7) is 12.5. The number of hydrogen-bond donors (Lipinski definition) is 0. The highest BCUT2D eigenvalue weighted by Crippen LogP contribution is 2.46. The van der Waals surface area contributed by atoms with Gasteiger partial charge in [0.15, 0.2) is 0 Å². The highest BCUT2D eigenvalue weighted by Gasteiger charge is 2.24. The predicted octanol–water partition coefficient (Wildman–Crippen LogP) is 8.01. The molecule has 0 aliphatic carbocycles. The van der Waals surface area contributed by atoms with E-state index in [-0.39, 0.29) is 11.2 Å². The van der Waals surface area contributed by atoms with Crippen LogP contribution >= 0.6 is 0 Å². The van der Waals surface area contributed by atoms with Crippen LogP contribution in [0.4, 0.5) is 0 Å². The molecule has 2 heteroatoms. The van der Waals surface area contributed by atoms with Crippen LogP contribution in [0.25, 0.3) is 32.7 Å². The van der Waals surface area contributed by atoms with Crippen molar-refractivity contribution in [3.05, 3.63) is 72.8 Å². The third-order valence-corrected chi connectivity index (χ3v) is 4.86. The molecule has 0 fully saturated rings. The van der Waals surface area contributed by atoms with Crippen LogP contribution in [-0.2, 0) is 0 Å². The number of hydrogen-bond acceptors (Lipinski definition) is 2. The second-order valence-corrected chi connectivity index (χ2v) is 9.75. The smallest absolute Gasteiger partial charge is 0.128 e. The third-order valence-electron chi connectivity index (χ3n) is 4.86. The fourth-order valence-corrected chi connectivity index (χ4v) is 3.85. The Kier molecular flexibility index (Phi) is 4.97. The highest BCUT2D eigenvalue weighted by molar-refractivity contribution is 6.09. The highest BCUT2D eigenvalue weighted by atomic mass is 16.5. The van der Waals surface area contributed by atoms with Gasteiger partial charge in [0, 0.05) is 11.1 Å². The van der Waals surface area contributed by atoms with E-state index in [0.29, 0.717) is 0 Å². The molecule has 0 amide bonds. The lowest BCUT2D eigenvalue weighted by molar-refractivity contribution is 0.129. The standard InChI is InChI=1S/C28H30O2/c1-27(2,3)29-23-17-15-19-11-7-9-13-21(19)25(23)26-22-14-10-8-12-20(22)16-18-24(26)30-28(4,5)6/h7-18H,1-6H3. The maximum Gasteiger partial charge on any atom is 0.128 e. The Morgan fingerprint density at radius 3 is 1.20 bits per heavy atom. The van der Waals surface area contributed by atoms with Gasteiger partial charge in [-0.05, 0) is 75.2 Å². The Morgan fingerprint density at radius 1 is 0.467 bits per heavy atom. The predicted molar refractivity (Wildman–Crippen MR) is 128 cm³/mol. The fraction of sp³-hybridized carbons (Fsp3) is 0.286. The molecule has 0 aromatic heterocycles. The molecule has 0 unspecified atom stereocenters. The second kappa shape index (κ2) is 7.36. The minimum absolute atomic E-state index is 0.313. The summed E-state index contributed by atoms with van der Waals surface area (Å²) in [5.74, 6) is 1.74. The first-order chi connectivity index (χ1) is 14.1. The Morgan fingerprint density at radius 2 is 0.833 bits per heavy atom. The average molecular weight is 399 g/mol. The zero-order valence-corrected chi connectivity index (χ0v) is 18.7. The van der Waals surface area contributed by atoms with E-state index in [2.05, 4.69) is 114 Å². The van der Waals surface area contributed by atoms with Crippen LogP contribution in [-0.4, -0.2) is 11.2 Å². The Labute approximate surface area is 179 Å². The second-order valence-electron chi connectivity index (χ2n) is 9.75. The van der Waals surface area contributed by atoms with E-state index in [9.17, 15) is 0 Å². The molecule has 0 radical (unpaired) electrons. The first-order valence-electron chi connectivity index (χ1n) is 10.5. The molecule has 0 atom stereocenters. The average Bonchev–Trinajstić information content (AvgIpc) is 2.66. The summed E-state index contributed by atoms with van der Waals surface area (Å²) in [4.78, 5) is 0. The largest absolute Gasteiger partial charge is 0.487 e. The number of rotatable bonds is 3. The van der Waals surface area contributed by atoms with Crippen molar-refractivity contribution in [1.82, 2.24) is 0 Å². The molecule has 30 heavy (non-hydrogen) atoms. The van der Waals surface area contributed by atoms with E-state index in [1.165, 1.54) is 10.8 Å². The SMILES string of the molecule is CC(C)(C)Oc1ccc2ccccc2c1-c1c(OC(C)(C)C)ccc2ccccc12. The van der Waals surface area contributed by atoms with Crippen molar-refractivity contribution in [2.75, 3.05) is 0 Å². The quantitative estimate of drug-likeness (QED) is 0.348. The van der Waals surface area contributed by atoms with Crippen molar-refractivity contribution in [2.45, 2.75) is 52.7 Å². The van der Waals surface area contributed by atoms with E-state index >= 15 is 0 Å². The van der Waals surface area contributed by atoms with Gasteiger partial charge in [-0.25, -0.2) is 0 Å². The normalized spacial score (nSPS) is 12.3. The summed E-state index contributed by atoms with van der Waals surface area (Å²) in [5.41, 5.74) is 1.54. The lowest BCUT2D eigenvalue weighted by Crippen LogP contribution is -2.24. The van der Waals surface area contributed by atoms with Gasteiger partial charge in [0.2, 0.25) is 0 Å². The summed E-state index contributed by atoms with van der Waals surface area (Å²) in [5, 5.41) is 4.69. The molecule has 0 saturated carbocycles. The van der Waals surface area contributed by atoms with Crippen LogP contribution in [0.5, 0.6) is 11.5 Å². The van der Waals surface area contributed by atoms with Crippen LogP contribution in [0.15, 0.2) is 72.8 Å². The Bertz CT molecular complexity index is 1110. The summed E-state index contributed by atoms with van der Waals surface area (Å²) in [6.07, 6.45) is 0. The molecule has 4 aromatic carbocycles. The van der Waals surface area contributed by atoms with Crippen molar-refractivity contribution >= 4 is 21.5 Å². The first kappa shape index (κ1) is 20.3.